The second kappa shape index (κ2) is 26.2. The van der Waals surface area contributed by atoms with E-state index >= 15 is 0 Å². The first kappa shape index (κ1) is 40.4. The van der Waals surface area contributed by atoms with Crippen LogP contribution in [-0.4, -0.2) is 134 Å². The van der Waals surface area contributed by atoms with Crippen LogP contribution in [0.4, 0.5) is 0 Å². The normalized spacial score (nSPS) is 12.2. The third-order valence-corrected chi connectivity index (χ3v) is 12.1. The fourth-order valence-corrected chi connectivity index (χ4v) is 9.38. The molecule has 2 aromatic carbocycles. The molecule has 2 aromatic rings. The van der Waals surface area contributed by atoms with Gasteiger partial charge in [-0.3, -0.25) is 0 Å². The van der Waals surface area contributed by atoms with E-state index in [9.17, 15) is 0 Å². The van der Waals surface area contributed by atoms with Gasteiger partial charge in [0.1, 0.15) is 0 Å². The van der Waals surface area contributed by atoms with Gasteiger partial charge >= 0.3 is 0 Å². The molecule has 0 spiro atoms. The molecular formula is C35H59NO9Si. The van der Waals surface area contributed by atoms with Crippen LogP contribution in [0.5, 0.6) is 0 Å². The van der Waals surface area contributed by atoms with E-state index in [1.165, 1.54) is 10.4 Å². The zero-order chi connectivity index (χ0) is 33.0. The quantitative estimate of drug-likeness (QED) is 0.0992. The third kappa shape index (κ3) is 16.9. The van der Waals surface area contributed by atoms with Gasteiger partial charge in [0.25, 0.3) is 8.32 Å². The smallest absolute Gasteiger partial charge is 0.261 e. The van der Waals surface area contributed by atoms with E-state index in [2.05, 4.69) is 86.8 Å². The maximum Gasteiger partial charge on any atom is 0.261 e. The Bertz CT molecular complexity index is 911. The molecule has 0 saturated heterocycles. The Labute approximate surface area is 278 Å². The summed E-state index contributed by atoms with van der Waals surface area (Å²) in [5, 5.41) is 5.52. The summed E-state index contributed by atoms with van der Waals surface area (Å²) in [7, 11) is -0.629. The number of hydrogen-bond acceptors (Lipinski definition) is 10. The van der Waals surface area contributed by atoms with Gasteiger partial charge < -0.3 is 47.6 Å². The summed E-state index contributed by atoms with van der Waals surface area (Å²) >= 11 is 0. The van der Waals surface area contributed by atoms with Crippen LogP contribution < -0.4 is 15.7 Å². The fourth-order valence-electron chi connectivity index (χ4n) is 4.83. The molecule has 0 heterocycles. The highest BCUT2D eigenvalue weighted by atomic mass is 28.4. The summed E-state index contributed by atoms with van der Waals surface area (Å²) < 4.78 is 51.2. The zero-order valence-electron chi connectivity index (χ0n) is 28.7. The summed E-state index contributed by atoms with van der Waals surface area (Å²) in [6, 6.07) is 21.3. The molecule has 46 heavy (non-hydrogen) atoms. The molecular weight excluding hydrogens is 606 g/mol. The SMILES string of the molecule is CNCCOCCOCCOCCOCCOCCOCCOCCOCCO[Si](c1ccccc1)(c1ccccc1)C(C)(C)C. The minimum Gasteiger partial charge on any atom is -0.405 e. The highest BCUT2D eigenvalue weighted by molar-refractivity contribution is 6.99. The van der Waals surface area contributed by atoms with Crippen molar-refractivity contribution in [3.05, 3.63) is 60.7 Å². The average molecular weight is 666 g/mol. The molecule has 0 saturated carbocycles. The molecule has 0 radical (unpaired) electrons. The van der Waals surface area contributed by atoms with Gasteiger partial charge in [-0.05, 0) is 22.5 Å². The largest absolute Gasteiger partial charge is 0.405 e. The molecule has 0 aromatic heterocycles. The maximum atomic E-state index is 6.84. The molecule has 262 valence electrons. The van der Waals surface area contributed by atoms with Crippen LogP contribution in [0.2, 0.25) is 5.04 Å². The Morgan fingerprint density at radius 1 is 0.435 bits per heavy atom. The molecule has 1 N–H and O–H groups in total. The van der Waals surface area contributed by atoms with Crippen molar-refractivity contribution < 1.29 is 42.3 Å². The van der Waals surface area contributed by atoms with Gasteiger partial charge in [-0.25, -0.2) is 0 Å². The van der Waals surface area contributed by atoms with Crippen molar-refractivity contribution in [2.75, 3.05) is 126 Å². The van der Waals surface area contributed by atoms with Crippen molar-refractivity contribution >= 4 is 18.7 Å². The Hall–Kier alpha value is -1.74. The predicted octanol–water partition coefficient (Wildman–Crippen LogP) is 2.92. The average Bonchev–Trinajstić information content (AvgIpc) is 3.06. The van der Waals surface area contributed by atoms with Crippen molar-refractivity contribution in [3.8, 4) is 0 Å². The van der Waals surface area contributed by atoms with Crippen molar-refractivity contribution in [2.45, 2.75) is 25.8 Å². The number of benzene rings is 2. The lowest BCUT2D eigenvalue weighted by Gasteiger charge is -2.43. The number of likely N-dealkylation sites (N-methyl/N-ethyl adjacent to an activating group) is 1. The van der Waals surface area contributed by atoms with Crippen molar-refractivity contribution in [2.24, 2.45) is 0 Å². The van der Waals surface area contributed by atoms with Gasteiger partial charge in [-0.15, -0.1) is 0 Å². The van der Waals surface area contributed by atoms with Crippen molar-refractivity contribution in [1.82, 2.24) is 5.32 Å². The first-order valence-corrected chi connectivity index (χ1v) is 18.4. The molecule has 0 amide bonds. The minimum atomic E-state index is -2.53. The van der Waals surface area contributed by atoms with E-state index in [-0.39, 0.29) is 5.04 Å². The van der Waals surface area contributed by atoms with E-state index in [0.717, 1.165) is 6.54 Å². The summed E-state index contributed by atoms with van der Waals surface area (Å²) in [5.41, 5.74) is 0. The van der Waals surface area contributed by atoms with E-state index in [1.54, 1.807) is 0 Å². The third-order valence-electron chi connectivity index (χ3n) is 7.06. The molecule has 0 bridgehead atoms. The van der Waals surface area contributed by atoms with Gasteiger partial charge in [0, 0.05) is 6.54 Å². The van der Waals surface area contributed by atoms with Crippen molar-refractivity contribution in [1.29, 1.82) is 0 Å². The van der Waals surface area contributed by atoms with Gasteiger partial charge in [0.05, 0.1) is 112 Å². The van der Waals surface area contributed by atoms with E-state index < -0.39 is 8.32 Å². The molecule has 10 nitrogen and oxygen atoms in total. The standard InChI is InChI=1S/C35H59NO9Si/c1-35(2,3)46(33-11-7-5-8-12-33,34-13-9-6-10-14-34)45-32-31-44-30-29-43-28-27-42-26-25-41-24-23-40-22-21-39-20-19-38-18-17-37-16-15-36-4/h5-14,36H,15-32H2,1-4H3. The zero-order valence-corrected chi connectivity index (χ0v) is 29.7. The molecule has 2 rings (SSSR count). The first-order valence-electron chi connectivity index (χ1n) is 16.5. The molecule has 0 aliphatic heterocycles. The van der Waals surface area contributed by atoms with E-state index in [4.69, 9.17) is 42.3 Å². The van der Waals surface area contributed by atoms with E-state index in [1.807, 2.05) is 7.05 Å². The Balaban J connectivity index is 1.40. The molecule has 11 heteroatoms. The van der Waals surface area contributed by atoms with Crippen LogP contribution in [0.15, 0.2) is 60.7 Å². The number of hydrogen-bond donors (Lipinski definition) is 1. The lowest BCUT2D eigenvalue weighted by Crippen LogP contribution is -2.66. The number of ether oxygens (including phenoxy) is 8. The van der Waals surface area contributed by atoms with Gasteiger partial charge in [-0.2, -0.15) is 0 Å². The Morgan fingerprint density at radius 3 is 1.00 bits per heavy atom. The van der Waals surface area contributed by atoms with Gasteiger partial charge in [-0.1, -0.05) is 81.4 Å². The van der Waals surface area contributed by atoms with E-state index in [0.29, 0.717) is 112 Å². The summed E-state index contributed by atoms with van der Waals surface area (Å²) in [6.07, 6.45) is 0. The molecule has 0 aliphatic carbocycles. The van der Waals surface area contributed by atoms with Crippen LogP contribution in [0.25, 0.3) is 0 Å². The summed E-state index contributed by atoms with van der Waals surface area (Å²) in [6.45, 7) is 16.9. The predicted molar refractivity (Wildman–Crippen MR) is 184 cm³/mol. The molecule has 0 unspecified atom stereocenters. The number of rotatable bonds is 30. The van der Waals surface area contributed by atoms with Gasteiger partial charge in [0.2, 0.25) is 0 Å². The van der Waals surface area contributed by atoms with Crippen LogP contribution in [-0.2, 0) is 42.3 Å². The van der Waals surface area contributed by atoms with Gasteiger partial charge in [0.15, 0.2) is 0 Å². The van der Waals surface area contributed by atoms with Crippen LogP contribution in [0.1, 0.15) is 20.8 Å². The molecule has 0 aliphatic rings. The van der Waals surface area contributed by atoms with Crippen LogP contribution >= 0.6 is 0 Å². The Morgan fingerprint density at radius 2 is 0.717 bits per heavy atom. The topological polar surface area (TPSA) is 95.1 Å². The molecule has 0 fully saturated rings. The fraction of sp³-hybridized carbons (Fsp3) is 0.657. The van der Waals surface area contributed by atoms with Crippen LogP contribution in [0.3, 0.4) is 0 Å². The first-order chi connectivity index (χ1) is 22.5. The summed E-state index contributed by atoms with van der Waals surface area (Å²) in [4.78, 5) is 0. The highest BCUT2D eigenvalue weighted by Crippen LogP contribution is 2.36. The highest BCUT2D eigenvalue weighted by Gasteiger charge is 2.49. The minimum absolute atomic E-state index is 0.0500. The van der Waals surface area contributed by atoms with Crippen molar-refractivity contribution in [3.63, 3.8) is 0 Å². The Kier molecular flexibility index (Phi) is 23.1. The maximum absolute atomic E-state index is 6.84. The lowest BCUT2D eigenvalue weighted by atomic mass is 10.2. The molecule has 0 atom stereocenters. The van der Waals surface area contributed by atoms with Crippen LogP contribution in [0, 0.1) is 0 Å². The monoisotopic (exact) mass is 665 g/mol. The summed E-state index contributed by atoms with van der Waals surface area (Å²) in [5.74, 6) is 0. The number of nitrogens with one attached hydrogen (secondary N) is 1. The second-order valence-electron chi connectivity index (χ2n) is 11.5. The lowest BCUT2D eigenvalue weighted by molar-refractivity contribution is -0.0236. The second-order valence-corrected chi connectivity index (χ2v) is 15.8.